The number of benzene rings is 2. The number of carbonyl (C=O) groups excluding carboxylic acids is 10. The third-order valence-electron chi connectivity index (χ3n) is 14.7. The van der Waals surface area contributed by atoms with Crippen LogP contribution in [0, 0.1) is 5.92 Å². The van der Waals surface area contributed by atoms with Crippen molar-refractivity contribution >= 4 is 80.7 Å². The van der Waals surface area contributed by atoms with Gasteiger partial charge in [0, 0.05) is 36.3 Å². The monoisotopic (exact) mass is 1150 g/mol. The van der Waals surface area contributed by atoms with Crippen LogP contribution in [0.3, 0.4) is 0 Å². The van der Waals surface area contributed by atoms with E-state index in [2.05, 4.69) is 37.2 Å². The molecule has 1 aliphatic carbocycles. The highest BCUT2D eigenvalue weighted by molar-refractivity contribution is 8.77. The summed E-state index contributed by atoms with van der Waals surface area (Å²) in [6.07, 6.45) is 2.33. The number of hydrogen-bond acceptors (Lipinski definition) is 16. The van der Waals surface area contributed by atoms with Gasteiger partial charge in [0.2, 0.25) is 59.1 Å². The second-order valence-electron chi connectivity index (χ2n) is 20.9. The Bertz CT molecular complexity index is 2500. The van der Waals surface area contributed by atoms with Gasteiger partial charge in [-0.3, -0.25) is 47.9 Å². The molecule has 10 atom stereocenters. The molecule has 0 bridgehead atoms. The molecular formula is C54H79N11O13S2. The molecule has 1 spiro atoms. The van der Waals surface area contributed by atoms with Crippen molar-refractivity contribution < 1.29 is 62.9 Å². The molecule has 1 unspecified atom stereocenters. The molecule has 2 aromatic rings. The van der Waals surface area contributed by atoms with Gasteiger partial charge in [0.15, 0.2) is 0 Å². The number of carbonyl (C=O) groups is 10. The van der Waals surface area contributed by atoms with Crippen molar-refractivity contribution in [2.24, 2.45) is 23.1 Å². The number of rotatable bonds is 19. The maximum Gasteiger partial charge on any atom is 0.246 e. The molecule has 10 amide bonds. The molecule has 440 valence electrons. The number of amides is 10. The summed E-state index contributed by atoms with van der Waals surface area (Å²) < 4.78 is 4.59. The van der Waals surface area contributed by atoms with E-state index in [1.54, 1.807) is 50.2 Å². The number of aromatic hydroxyl groups is 1. The average Bonchev–Trinajstić information content (AvgIpc) is 3.93. The highest BCUT2D eigenvalue weighted by atomic mass is 33.1. The van der Waals surface area contributed by atoms with E-state index in [0.29, 0.717) is 42.6 Å². The lowest BCUT2D eigenvalue weighted by Crippen LogP contribution is -2.63. The van der Waals surface area contributed by atoms with Crippen LogP contribution in [0.5, 0.6) is 11.5 Å². The first-order valence-corrected chi connectivity index (χ1v) is 29.5. The summed E-state index contributed by atoms with van der Waals surface area (Å²) in [6, 6.07) is 1.83. The smallest absolute Gasteiger partial charge is 0.246 e. The quantitative estimate of drug-likeness (QED) is 0.0796. The fourth-order valence-electron chi connectivity index (χ4n) is 9.91. The highest BCUT2D eigenvalue weighted by Crippen LogP contribution is 2.48. The molecule has 24 nitrogen and oxygen atoms in total. The number of aliphatic hydroxyl groups excluding tert-OH is 1. The van der Waals surface area contributed by atoms with E-state index in [1.807, 2.05) is 0 Å². The second kappa shape index (κ2) is 30.8. The molecule has 0 radical (unpaired) electrons. The second-order valence-corrected chi connectivity index (χ2v) is 23.7. The summed E-state index contributed by atoms with van der Waals surface area (Å²) in [5.41, 5.74) is 18.3. The van der Waals surface area contributed by atoms with E-state index in [-0.39, 0.29) is 63.1 Å². The van der Waals surface area contributed by atoms with Crippen LogP contribution in [0.15, 0.2) is 48.5 Å². The van der Waals surface area contributed by atoms with Gasteiger partial charge >= 0.3 is 0 Å². The summed E-state index contributed by atoms with van der Waals surface area (Å²) >= 11 is 0. The van der Waals surface area contributed by atoms with Crippen molar-refractivity contribution in [3.8, 4) is 11.5 Å². The lowest BCUT2D eigenvalue weighted by atomic mass is 9.85. The highest BCUT2D eigenvalue weighted by Gasteiger charge is 2.43. The number of hydrogen-bond donors (Lipinski definition) is 12. The Kier molecular flexibility index (Phi) is 24.7. The Labute approximate surface area is 473 Å². The van der Waals surface area contributed by atoms with Gasteiger partial charge in [0.25, 0.3) is 0 Å². The molecular weight excluding hydrogens is 1070 g/mol. The lowest BCUT2D eigenvalue weighted by Gasteiger charge is -2.37. The number of methoxy groups -OCH3 is 1. The number of likely N-dealkylation sites (tertiary alicyclic amines) is 1. The zero-order valence-electron chi connectivity index (χ0n) is 45.8. The minimum atomic E-state index is -1.76. The molecule has 3 aliphatic rings. The number of nitrogens with one attached hydrogen (secondary N) is 7. The molecule has 2 heterocycles. The van der Waals surface area contributed by atoms with E-state index in [0.717, 1.165) is 19.3 Å². The molecule has 26 heteroatoms. The third-order valence-corrected chi connectivity index (χ3v) is 18.0. The number of primary amides is 2. The Morgan fingerprint density at radius 1 is 0.800 bits per heavy atom. The van der Waals surface area contributed by atoms with Gasteiger partial charge in [0.1, 0.15) is 59.8 Å². The van der Waals surface area contributed by atoms with Crippen LogP contribution >= 0.6 is 21.6 Å². The Morgan fingerprint density at radius 2 is 1.44 bits per heavy atom. The van der Waals surface area contributed by atoms with Crippen molar-refractivity contribution in [1.29, 1.82) is 0 Å². The van der Waals surface area contributed by atoms with Crippen molar-refractivity contribution in [2.75, 3.05) is 26.0 Å². The first kappa shape index (κ1) is 64.2. The van der Waals surface area contributed by atoms with Crippen LogP contribution in [0.2, 0.25) is 0 Å². The molecule has 1 saturated carbocycles. The van der Waals surface area contributed by atoms with Gasteiger partial charge in [-0.2, -0.15) is 0 Å². The van der Waals surface area contributed by atoms with E-state index < -0.39 is 131 Å². The molecule has 3 fully saturated rings. The Balaban J connectivity index is 1.48. The summed E-state index contributed by atoms with van der Waals surface area (Å²) in [5, 5.41) is 39.3. The van der Waals surface area contributed by atoms with Crippen LogP contribution in [0.1, 0.15) is 109 Å². The largest absolute Gasteiger partial charge is 0.508 e. The predicted octanol–water partition coefficient (Wildman–Crippen LogP) is -0.415. The van der Waals surface area contributed by atoms with Crippen LogP contribution in [0.25, 0.3) is 0 Å². The molecule has 80 heavy (non-hydrogen) atoms. The normalized spacial score (nSPS) is 24.0. The van der Waals surface area contributed by atoms with Gasteiger partial charge in [-0.25, -0.2) is 0 Å². The molecule has 2 aromatic carbocycles. The fraction of sp³-hybridized carbons (Fsp3) is 0.593. The lowest BCUT2D eigenvalue weighted by molar-refractivity contribution is -0.142. The molecule has 2 aliphatic heterocycles. The molecule has 0 aromatic heterocycles. The van der Waals surface area contributed by atoms with Crippen LogP contribution in [-0.2, 0) is 60.8 Å². The van der Waals surface area contributed by atoms with Crippen molar-refractivity contribution in [3.63, 3.8) is 0 Å². The first-order valence-electron chi connectivity index (χ1n) is 27.2. The molecule has 15 N–H and O–H groups in total. The van der Waals surface area contributed by atoms with Gasteiger partial charge < -0.3 is 74.3 Å². The number of nitrogens with two attached hydrogens (primary N) is 3. The summed E-state index contributed by atoms with van der Waals surface area (Å²) in [5.74, 6) is -8.38. The van der Waals surface area contributed by atoms with E-state index in [1.165, 1.54) is 52.7 Å². The van der Waals surface area contributed by atoms with Crippen molar-refractivity contribution in [1.82, 2.24) is 42.1 Å². The SMILES string of the molecule is CC[C@H](C)[C@@H]1NC(=O)[C@H](Cc2ccc(OC)cc2)NC(=O)CC2(CCCCC2)SSC[C@@H](C(=O)N2CCC[C@H]2C(=O)N[C@@H](CCCN)C(=O)N[C@@H](Cc2ccc(O)cc2)C(N)=O)NC(=O)[C@H](CC(N)=O)NC(=O)C([C@@H](C)O)NC1=O. The number of phenols is 1. The van der Waals surface area contributed by atoms with Crippen molar-refractivity contribution in [3.05, 3.63) is 59.7 Å². The first-order chi connectivity index (χ1) is 38.1. The van der Waals surface area contributed by atoms with Gasteiger partial charge in [-0.1, -0.05) is 85.4 Å². The third kappa shape index (κ3) is 18.7. The zero-order valence-corrected chi connectivity index (χ0v) is 47.4. The molecule has 5 rings (SSSR count). The van der Waals surface area contributed by atoms with Gasteiger partial charge in [-0.05, 0) is 93.3 Å². The average molecular weight is 1150 g/mol. The van der Waals surface area contributed by atoms with Crippen LogP contribution in [-0.4, -0.2) is 159 Å². The topological polar surface area (TPSA) is 386 Å². The Morgan fingerprint density at radius 3 is 2.05 bits per heavy atom. The van der Waals surface area contributed by atoms with Gasteiger partial charge in [-0.15, -0.1) is 0 Å². The zero-order chi connectivity index (χ0) is 58.7. The minimum absolute atomic E-state index is 0.00521. The van der Waals surface area contributed by atoms with E-state index in [4.69, 9.17) is 21.9 Å². The van der Waals surface area contributed by atoms with E-state index in [9.17, 15) is 58.2 Å². The maximum atomic E-state index is 15.0. The van der Waals surface area contributed by atoms with Crippen LogP contribution in [0.4, 0.5) is 0 Å². The Hall–Kier alpha value is -6.64. The number of nitrogens with zero attached hydrogens (tertiary/aromatic N) is 1. The maximum absolute atomic E-state index is 15.0. The minimum Gasteiger partial charge on any atom is -0.508 e. The van der Waals surface area contributed by atoms with E-state index >= 15 is 0 Å². The number of aliphatic hydroxyl groups is 1. The summed E-state index contributed by atoms with van der Waals surface area (Å²) in [7, 11) is 4.05. The fourth-order valence-corrected chi connectivity index (χ4v) is 13.3. The number of ether oxygens (including phenoxy) is 1. The predicted molar refractivity (Wildman–Crippen MR) is 300 cm³/mol. The summed E-state index contributed by atoms with van der Waals surface area (Å²) in [4.78, 5) is 141. The van der Waals surface area contributed by atoms with Gasteiger partial charge in [0.05, 0.1) is 19.6 Å². The van der Waals surface area contributed by atoms with Crippen LogP contribution < -0.4 is 59.2 Å². The molecule has 2 saturated heterocycles. The summed E-state index contributed by atoms with van der Waals surface area (Å²) in [6.45, 7) is 4.88. The van der Waals surface area contributed by atoms with Crippen molar-refractivity contribution in [2.45, 2.75) is 170 Å². The standard InChI is InChI=1S/C54H79N11O13S2/c1-5-30(2)44-51(75)64-45(31(3)66)52(76)61-39(27-42(56)68)48(72)62-40(29-79-80-54(21-7-6-8-22-54)28-43(69)58-38(49(73)63-44)26-33-15-19-35(78-4)20-16-33)53(77)65-24-10-12-41(65)50(74)59-36(11-9-23-55)47(71)60-37(46(57)70)25-32-13-17-34(67)18-14-32/h13-20,30-31,36-41,44-45,66-67H,5-12,21-29,55H2,1-4H3,(H2,56,68)(H2,57,70)(H,58,69)(H,59,74)(H,60,71)(H,61,76)(H,62,72)(H,63,73)(H,64,75)/t30-,31+,36-,37-,38-,39-,40-,41-,44-,45?/m0/s1. The number of phenolic OH excluding ortho intramolecular Hbond substituents is 1.